The Morgan fingerprint density at radius 1 is 1.47 bits per heavy atom. The van der Waals surface area contributed by atoms with Crippen molar-refractivity contribution in [3.05, 3.63) is 23.5 Å². The van der Waals surface area contributed by atoms with E-state index in [4.69, 9.17) is 0 Å². The van der Waals surface area contributed by atoms with Crippen LogP contribution < -0.4 is 5.32 Å². The molecule has 0 aliphatic heterocycles. The number of aromatic nitrogens is 2. The van der Waals surface area contributed by atoms with Crippen LogP contribution in [0, 0.1) is 11.8 Å². The molecule has 0 aromatic carbocycles. The van der Waals surface area contributed by atoms with Crippen molar-refractivity contribution in [1.82, 2.24) is 14.7 Å². The highest BCUT2D eigenvalue weighted by Gasteiger charge is 2.29. The van der Waals surface area contributed by atoms with Crippen LogP contribution in [0.15, 0.2) is 17.8 Å². The van der Waals surface area contributed by atoms with Crippen molar-refractivity contribution in [2.75, 3.05) is 0 Å². The Balaban J connectivity index is 1.62. The van der Waals surface area contributed by atoms with E-state index in [1.807, 2.05) is 0 Å². The summed E-state index contributed by atoms with van der Waals surface area (Å²) < 4.78 is 2.10. The summed E-state index contributed by atoms with van der Waals surface area (Å²) >= 11 is 1.69. The predicted molar refractivity (Wildman–Crippen MR) is 71.3 cm³/mol. The molecule has 3 atom stereocenters. The third-order valence-corrected chi connectivity index (χ3v) is 4.92. The van der Waals surface area contributed by atoms with Crippen LogP contribution in [-0.2, 0) is 6.54 Å². The van der Waals surface area contributed by atoms with Gasteiger partial charge in [-0.3, -0.25) is 4.40 Å². The van der Waals surface area contributed by atoms with Gasteiger partial charge in [0, 0.05) is 30.4 Å². The summed E-state index contributed by atoms with van der Waals surface area (Å²) in [6.45, 7) is 5.62. The molecule has 1 N–H and O–H groups in total. The van der Waals surface area contributed by atoms with Crippen LogP contribution in [-0.4, -0.2) is 15.4 Å². The molecule has 3 nitrogen and oxygen atoms in total. The summed E-state index contributed by atoms with van der Waals surface area (Å²) in [5.41, 5.74) is 1.16. The van der Waals surface area contributed by atoms with E-state index in [1.165, 1.54) is 12.8 Å². The Kier molecular flexibility index (Phi) is 2.92. The first-order valence-electron chi connectivity index (χ1n) is 6.38. The van der Waals surface area contributed by atoms with Gasteiger partial charge in [0.2, 0.25) is 0 Å². The van der Waals surface area contributed by atoms with E-state index in [-0.39, 0.29) is 0 Å². The highest BCUT2D eigenvalue weighted by Crippen LogP contribution is 2.31. The van der Waals surface area contributed by atoms with E-state index in [2.05, 4.69) is 46.3 Å². The average Bonchev–Trinajstić information content (AvgIpc) is 2.94. The fourth-order valence-electron chi connectivity index (χ4n) is 2.75. The Labute approximate surface area is 106 Å². The van der Waals surface area contributed by atoms with Crippen molar-refractivity contribution < 1.29 is 0 Å². The number of thiazole rings is 1. The Bertz CT molecular complexity index is 473. The zero-order chi connectivity index (χ0) is 11.8. The Morgan fingerprint density at radius 3 is 3.06 bits per heavy atom. The molecule has 3 unspecified atom stereocenters. The van der Waals surface area contributed by atoms with Gasteiger partial charge in [0.25, 0.3) is 0 Å². The van der Waals surface area contributed by atoms with Crippen molar-refractivity contribution in [1.29, 1.82) is 0 Å². The van der Waals surface area contributed by atoms with Crippen LogP contribution in [0.1, 0.15) is 32.4 Å². The van der Waals surface area contributed by atoms with Crippen molar-refractivity contribution in [2.24, 2.45) is 11.8 Å². The number of nitrogens with zero attached hydrogens (tertiary/aromatic N) is 2. The SMILES string of the molecule is CC1CCC(NCc2cn3ccsc3n2)C1C. The van der Waals surface area contributed by atoms with E-state index in [0.717, 1.165) is 29.0 Å². The van der Waals surface area contributed by atoms with Crippen molar-refractivity contribution in [2.45, 2.75) is 39.3 Å². The Hall–Kier alpha value is -0.870. The number of nitrogens with one attached hydrogen (secondary N) is 1. The monoisotopic (exact) mass is 249 g/mol. The first-order chi connectivity index (χ1) is 8.24. The second kappa shape index (κ2) is 4.42. The molecule has 4 heteroatoms. The highest BCUT2D eigenvalue weighted by molar-refractivity contribution is 7.15. The second-order valence-corrected chi connectivity index (χ2v) is 6.10. The lowest BCUT2D eigenvalue weighted by molar-refractivity contribution is 0.369. The maximum Gasteiger partial charge on any atom is 0.193 e. The molecule has 92 valence electrons. The van der Waals surface area contributed by atoms with Gasteiger partial charge in [-0.2, -0.15) is 0 Å². The molecule has 1 saturated carbocycles. The number of hydrogen-bond donors (Lipinski definition) is 1. The van der Waals surface area contributed by atoms with Gasteiger partial charge in [0.1, 0.15) is 0 Å². The number of rotatable bonds is 3. The quantitative estimate of drug-likeness (QED) is 0.906. The largest absolute Gasteiger partial charge is 0.308 e. The summed E-state index contributed by atoms with van der Waals surface area (Å²) in [5, 5.41) is 5.73. The molecule has 1 aliphatic carbocycles. The van der Waals surface area contributed by atoms with Crippen LogP contribution in [0.3, 0.4) is 0 Å². The third kappa shape index (κ3) is 2.11. The van der Waals surface area contributed by atoms with Gasteiger partial charge in [0.05, 0.1) is 5.69 Å². The minimum atomic E-state index is 0.671. The van der Waals surface area contributed by atoms with Crippen LogP contribution in [0.5, 0.6) is 0 Å². The molecule has 2 aromatic rings. The molecule has 0 spiro atoms. The molecule has 0 amide bonds. The smallest absolute Gasteiger partial charge is 0.193 e. The molecule has 0 radical (unpaired) electrons. The van der Waals surface area contributed by atoms with E-state index >= 15 is 0 Å². The van der Waals surface area contributed by atoms with E-state index < -0.39 is 0 Å². The molecule has 1 aliphatic rings. The normalized spacial score (nSPS) is 29.2. The zero-order valence-corrected chi connectivity index (χ0v) is 11.2. The molecule has 2 heterocycles. The van der Waals surface area contributed by atoms with Gasteiger partial charge in [0.15, 0.2) is 4.96 Å². The molecule has 17 heavy (non-hydrogen) atoms. The predicted octanol–water partition coefficient (Wildman–Crippen LogP) is 2.92. The minimum Gasteiger partial charge on any atom is -0.308 e. The van der Waals surface area contributed by atoms with Gasteiger partial charge >= 0.3 is 0 Å². The highest BCUT2D eigenvalue weighted by atomic mass is 32.1. The summed E-state index contributed by atoms with van der Waals surface area (Å²) in [6.07, 6.45) is 6.86. The van der Waals surface area contributed by atoms with Crippen molar-refractivity contribution in [3.8, 4) is 0 Å². The van der Waals surface area contributed by atoms with Crippen LogP contribution >= 0.6 is 11.3 Å². The van der Waals surface area contributed by atoms with E-state index in [1.54, 1.807) is 11.3 Å². The lowest BCUT2D eigenvalue weighted by atomic mass is 9.98. The molecule has 2 aromatic heterocycles. The van der Waals surface area contributed by atoms with Crippen LogP contribution in [0.25, 0.3) is 4.96 Å². The van der Waals surface area contributed by atoms with Crippen molar-refractivity contribution in [3.63, 3.8) is 0 Å². The average molecular weight is 249 g/mol. The summed E-state index contributed by atoms with van der Waals surface area (Å²) in [4.78, 5) is 5.69. The molecule has 0 saturated heterocycles. The fraction of sp³-hybridized carbons (Fsp3) is 0.615. The molecular weight excluding hydrogens is 230 g/mol. The maximum atomic E-state index is 4.60. The zero-order valence-electron chi connectivity index (χ0n) is 10.4. The first-order valence-corrected chi connectivity index (χ1v) is 7.26. The van der Waals surface area contributed by atoms with Gasteiger partial charge in [-0.05, 0) is 24.7 Å². The Morgan fingerprint density at radius 2 is 2.35 bits per heavy atom. The van der Waals surface area contributed by atoms with Crippen LogP contribution in [0.4, 0.5) is 0 Å². The van der Waals surface area contributed by atoms with Gasteiger partial charge in [-0.1, -0.05) is 13.8 Å². The fourth-order valence-corrected chi connectivity index (χ4v) is 3.47. The van der Waals surface area contributed by atoms with Gasteiger partial charge in [-0.15, -0.1) is 11.3 Å². The van der Waals surface area contributed by atoms with Gasteiger partial charge in [-0.25, -0.2) is 4.98 Å². The summed E-state index contributed by atoms with van der Waals surface area (Å²) in [6, 6.07) is 0.671. The standard InChI is InChI=1S/C13H19N3S/c1-9-3-4-12(10(9)2)14-7-11-8-16-5-6-17-13(16)15-11/h5-6,8-10,12,14H,3-4,7H2,1-2H3. The molecule has 1 fully saturated rings. The molecule has 0 bridgehead atoms. The lowest BCUT2D eigenvalue weighted by Crippen LogP contribution is -2.31. The minimum absolute atomic E-state index is 0.671. The summed E-state index contributed by atoms with van der Waals surface area (Å²) in [5.74, 6) is 1.65. The van der Waals surface area contributed by atoms with E-state index in [9.17, 15) is 0 Å². The first kappa shape index (κ1) is 11.2. The van der Waals surface area contributed by atoms with Gasteiger partial charge < -0.3 is 5.32 Å². The summed E-state index contributed by atoms with van der Waals surface area (Å²) in [7, 11) is 0. The lowest BCUT2D eigenvalue weighted by Gasteiger charge is -2.18. The van der Waals surface area contributed by atoms with Crippen LogP contribution in [0.2, 0.25) is 0 Å². The van der Waals surface area contributed by atoms with E-state index in [0.29, 0.717) is 6.04 Å². The number of imidazole rings is 1. The number of fused-ring (bicyclic) bond motifs is 1. The third-order valence-electron chi connectivity index (χ3n) is 4.15. The topological polar surface area (TPSA) is 29.3 Å². The maximum absolute atomic E-state index is 4.60. The second-order valence-electron chi connectivity index (χ2n) is 5.23. The molecular formula is C13H19N3S. The molecule has 3 rings (SSSR count). The number of hydrogen-bond acceptors (Lipinski definition) is 3. The van der Waals surface area contributed by atoms with Crippen molar-refractivity contribution >= 4 is 16.3 Å².